The van der Waals surface area contributed by atoms with Crippen LogP contribution in [-0.2, 0) is 0 Å². The zero-order valence-corrected chi connectivity index (χ0v) is 16.3. The van der Waals surface area contributed by atoms with Gasteiger partial charge in [0.2, 0.25) is 5.88 Å². The molecule has 0 spiro atoms. The summed E-state index contributed by atoms with van der Waals surface area (Å²) < 4.78 is 5.66. The van der Waals surface area contributed by atoms with Crippen LogP contribution in [0.5, 0.6) is 5.88 Å². The Morgan fingerprint density at radius 1 is 1.11 bits per heavy atom. The third-order valence-electron chi connectivity index (χ3n) is 6.77. The Hall–Kier alpha value is -2.40. The van der Waals surface area contributed by atoms with Crippen LogP contribution < -0.4 is 4.74 Å². The maximum absolute atomic E-state index is 13.6. The lowest BCUT2D eigenvalue weighted by atomic mass is 9.75. The predicted molar refractivity (Wildman–Crippen MR) is 107 cm³/mol. The third kappa shape index (κ3) is 2.80. The highest BCUT2D eigenvalue weighted by molar-refractivity contribution is 5.97. The van der Waals surface area contributed by atoms with Crippen molar-refractivity contribution in [3.8, 4) is 5.88 Å². The first kappa shape index (κ1) is 17.7. The molecule has 2 aromatic rings. The monoisotopic (exact) mass is 377 g/mol. The summed E-state index contributed by atoms with van der Waals surface area (Å²) in [4.78, 5) is 22.7. The number of carbonyl (C=O) groups excluding carboxylic acids is 1. The van der Waals surface area contributed by atoms with E-state index in [0.717, 1.165) is 19.6 Å². The lowest BCUT2D eigenvalue weighted by Gasteiger charge is -2.51. The van der Waals surface area contributed by atoms with Crippen molar-refractivity contribution in [3.63, 3.8) is 0 Å². The van der Waals surface area contributed by atoms with Crippen LogP contribution in [0.4, 0.5) is 0 Å². The summed E-state index contributed by atoms with van der Waals surface area (Å²) in [5.41, 5.74) is 1.94. The Kier molecular flexibility index (Phi) is 4.55. The number of pyridine rings is 1. The Labute approximate surface area is 166 Å². The zero-order valence-electron chi connectivity index (χ0n) is 16.3. The molecule has 1 aromatic heterocycles. The molecule has 4 saturated heterocycles. The standard InChI is InChI=1S/C23H27N3O2/c1-2-28-22-18(9-6-12-24-22)23(27)26-15-19(16-7-4-3-5-8-16)21-20(26)17-10-13-25(21)14-11-17/h3-9,12,17,19-21H,2,10-11,13-15H2,1H3/t19-,20+,21+/m0/s1. The van der Waals surface area contributed by atoms with Gasteiger partial charge in [0.1, 0.15) is 5.56 Å². The second-order valence-electron chi connectivity index (χ2n) is 8.12. The molecule has 28 heavy (non-hydrogen) atoms. The number of fused-ring (bicyclic) bond motifs is 2. The van der Waals surface area contributed by atoms with Gasteiger partial charge >= 0.3 is 0 Å². The predicted octanol–water partition coefficient (Wildman–Crippen LogP) is 3.18. The summed E-state index contributed by atoms with van der Waals surface area (Å²) in [6, 6.07) is 15.1. The summed E-state index contributed by atoms with van der Waals surface area (Å²) in [6.07, 6.45) is 4.07. The molecule has 1 amide bonds. The number of ether oxygens (including phenoxy) is 1. The van der Waals surface area contributed by atoms with Crippen LogP contribution in [0.2, 0.25) is 0 Å². The van der Waals surface area contributed by atoms with Gasteiger partial charge in [-0.15, -0.1) is 0 Å². The molecule has 4 fully saturated rings. The van der Waals surface area contributed by atoms with E-state index in [-0.39, 0.29) is 11.9 Å². The molecule has 5 nitrogen and oxygen atoms in total. The van der Waals surface area contributed by atoms with Crippen LogP contribution in [0.15, 0.2) is 48.7 Å². The summed E-state index contributed by atoms with van der Waals surface area (Å²) in [6.45, 7) is 5.52. The van der Waals surface area contributed by atoms with Crippen molar-refractivity contribution in [2.75, 3.05) is 26.2 Å². The van der Waals surface area contributed by atoms with Crippen molar-refractivity contribution in [2.45, 2.75) is 37.8 Å². The highest BCUT2D eigenvalue weighted by Crippen LogP contribution is 2.47. The molecule has 0 radical (unpaired) electrons. The van der Waals surface area contributed by atoms with Gasteiger partial charge in [0, 0.05) is 24.7 Å². The highest BCUT2D eigenvalue weighted by atomic mass is 16.5. The molecular weight excluding hydrogens is 350 g/mol. The van der Waals surface area contributed by atoms with Crippen LogP contribution >= 0.6 is 0 Å². The lowest BCUT2D eigenvalue weighted by Crippen LogP contribution is -2.60. The molecule has 146 valence electrons. The Balaban J connectivity index is 1.52. The zero-order chi connectivity index (χ0) is 19.1. The van der Waals surface area contributed by atoms with Gasteiger partial charge in [-0.3, -0.25) is 9.69 Å². The summed E-state index contributed by atoms with van der Waals surface area (Å²) in [5.74, 6) is 1.49. The molecule has 2 bridgehead atoms. The van der Waals surface area contributed by atoms with Crippen LogP contribution in [0, 0.1) is 5.92 Å². The van der Waals surface area contributed by atoms with Crippen molar-refractivity contribution in [3.05, 3.63) is 59.8 Å². The van der Waals surface area contributed by atoms with E-state index >= 15 is 0 Å². The van der Waals surface area contributed by atoms with Crippen molar-refractivity contribution in [1.82, 2.24) is 14.8 Å². The van der Waals surface area contributed by atoms with Crippen LogP contribution in [0.3, 0.4) is 0 Å². The summed E-state index contributed by atoms with van der Waals surface area (Å²) >= 11 is 0. The molecule has 0 aliphatic carbocycles. The van der Waals surface area contributed by atoms with Gasteiger partial charge in [-0.2, -0.15) is 0 Å². The molecule has 0 unspecified atom stereocenters. The van der Waals surface area contributed by atoms with Crippen molar-refractivity contribution in [1.29, 1.82) is 0 Å². The minimum atomic E-state index is 0.0683. The van der Waals surface area contributed by atoms with Crippen LogP contribution in [0.25, 0.3) is 0 Å². The first-order valence-electron chi connectivity index (χ1n) is 10.5. The van der Waals surface area contributed by atoms with E-state index in [2.05, 4.69) is 45.1 Å². The number of likely N-dealkylation sites (tertiary alicyclic amines) is 1. The quantitative estimate of drug-likeness (QED) is 0.821. The maximum atomic E-state index is 13.6. The number of rotatable bonds is 4. The van der Waals surface area contributed by atoms with E-state index in [4.69, 9.17) is 4.74 Å². The van der Waals surface area contributed by atoms with Gasteiger partial charge in [-0.25, -0.2) is 4.98 Å². The SMILES string of the molecule is CCOc1ncccc1C(=O)N1C[C@@H](c2ccccc2)[C@@H]2[C@H]1C1CCN2CC1. The smallest absolute Gasteiger partial charge is 0.259 e. The molecule has 0 saturated carbocycles. The minimum Gasteiger partial charge on any atom is -0.477 e. The summed E-state index contributed by atoms with van der Waals surface area (Å²) in [7, 11) is 0. The molecule has 1 aromatic carbocycles. The van der Waals surface area contributed by atoms with Crippen molar-refractivity contribution >= 4 is 5.91 Å². The molecule has 5 heteroatoms. The average molecular weight is 377 g/mol. The fourth-order valence-electron chi connectivity index (χ4n) is 5.61. The Morgan fingerprint density at radius 2 is 1.89 bits per heavy atom. The molecule has 6 rings (SSSR count). The van der Waals surface area contributed by atoms with Crippen LogP contribution in [0.1, 0.15) is 41.6 Å². The number of hydrogen-bond donors (Lipinski definition) is 0. The number of amides is 1. The van der Waals surface area contributed by atoms with Gasteiger partial charge in [0.25, 0.3) is 5.91 Å². The molecular formula is C23H27N3O2. The maximum Gasteiger partial charge on any atom is 0.259 e. The number of hydrogen-bond acceptors (Lipinski definition) is 4. The van der Waals surface area contributed by atoms with E-state index in [1.54, 1.807) is 6.20 Å². The van der Waals surface area contributed by atoms with Gasteiger partial charge in [0.15, 0.2) is 0 Å². The normalized spacial score (nSPS) is 30.9. The van der Waals surface area contributed by atoms with Crippen LogP contribution in [-0.4, -0.2) is 59.0 Å². The van der Waals surface area contributed by atoms with Crippen molar-refractivity contribution in [2.24, 2.45) is 5.92 Å². The highest BCUT2D eigenvalue weighted by Gasteiger charge is 2.54. The number of nitrogens with zero attached hydrogens (tertiary/aromatic N) is 3. The first-order valence-corrected chi connectivity index (χ1v) is 10.5. The fourth-order valence-corrected chi connectivity index (χ4v) is 5.61. The van der Waals surface area contributed by atoms with E-state index in [0.29, 0.717) is 35.9 Å². The van der Waals surface area contributed by atoms with E-state index in [1.165, 1.54) is 18.4 Å². The Morgan fingerprint density at radius 3 is 2.64 bits per heavy atom. The number of aromatic nitrogens is 1. The second kappa shape index (κ2) is 7.21. The molecule has 4 aliphatic heterocycles. The number of carbonyl (C=O) groups is 1. The third-order valence-corrected chi connectivity index (χ3v) is 6.77. The van der Waals surface area contributed by atoms with Gasteiger partial charge in [-0.1, -0.05) is 30.3 Å². The van der Waals surface area contributed by atoms with Crippen molar-refractivity contribution < 1.29 is 9.53 Å². The molecule has 4 aliphatic rings. The topological polar surface area (TPSA) is 45.7 Å². The molecule has 5 heterocycles. The number of piperidine rings is 3. The van der Waals surface area contributed by atoms with Gasteiger partial charge < -0.3 is 9.64 Å². The fraction of sp³-hybridized carbons (Fsp3) is 0.478. The van der Waals surface area contributed by atoms with E-state index in [9.17, 15) is 4.79 Å². The van der Waals surface area contributed by atoms with Gasteiger partial charge in [0.05, 0.1) is 12.6 Å². The molecule has 0 N–H and O–H groups in total. The first-order chi connectivity index (χ1) is 13.8. The molecule has 3 atom stereocenters. The number of benzene rings is 1. The van der Waals surface area contributed by atoms with E-state index in [1.807, 2.05) is 19.1 Å². The second-order valence-corrected chi connectivity index (χ2v) is 8.12. The van der Waals surface area contributed by atoms with Gasteiger partial charge in [-0.05, 0) is 56.5 Å². The average Bonchev–Trinajstić information content (AvgIpc) is 3.18. The lowest BCUT2D eigenvalue weighted by molar-refractivity contribution is -0.00352. The summed E-state index contributed by atoms with van der Waals surface area (Å²) in [5, 5.41) is 0. The largest absolute Gasteiger partial charge is 0.477 e. The Bertz CT molecular complexity index is 848. The minimum absolute atomic E-state index is 0.0683. The van der Waals surface area contributed by atoms with E-state index < -0.39 is 0 Å².